The minimum Gasteiger partial charge on any atom is -0.382 e. The van der Waals surface area contributed by atoms with Crippen LogP contribution in [-0.4, -0.2) is 21.0 Å². The van der Waals surface area contributed by atoms with Crippen LogP contribution in [0.25, 0.3) is 0 Å². The highest BCUT2D eigenvalue weighted by atomic mass is 32.2. The molecule has 0 fully saturated rings. The predicted molar refractivity (Wildman–Crippen MR) is 99.9 cm³/mol. The zero-order valence-electron chi connectivity index (χ0n) is 15.1. The fourth-order valence-electron chi connectivity index (χ4n) is 2.57. The number of hydrogen-bond acceptors (Lipinski definition) is 3. The Morgan fingerprint density at radius 1 is 0.963 bits per heavy atom. The highest BCUT2D eigenvalue weighted by Gasteiger charge is 2.30. The molecule has 0 saturated carbocycles. The quantitative estimate of drug-likeness (QED) is 0.685. The lowest BCUT2D eigenvalue weighted by molar-refractivity contribution is -0.137. The number of sulfonamides is 1. The lowest BCUT2D eigenvalue weighted by Gasteiger charge is -2.24. The van der Waals surface area contributed by atoms with Gasteiger partial charge in [0, 0.05) is 18.3 Å². The SMILES string of the molecule is CC(C)[C@H](CCNS(=O)(=O)c1ccccc1)Nc1ccc(C(F)(F)F)cc1. The summed E-state index contributed by atoms with van der Waals surface area (Å²) in [5.41, 5.74) is -0.141. The van der Waals surface area contributed by atoms with Gasteiger partial charge in [0.05, 0.1) is 10.5 Å². The second-order valence-electron chi connectivity index (χ2n) is 6.57. The molecule has 2 aromatic rings. The van der Waals surface area contributed by atoms with E-state index in [1.165, 1.54) is 24.3 Å². The van der Waals surface area contributed by atoms with E-state index in [-0.39, 0.29) is 23.4 Å². The van der Waals surface area contributed by atoms with Crippen LogP contribution >= 0.6 is 0 Å². The molecule has 0 heterocycles. The van der Waals surface area contributed by atoms with Gasteiger partial charge in [-0.2, -0.15) is 13.2 Å². The Kier molecular flexibility index (Phi) is 6.89. The van der Waals surface area contributed by atoms with E-state index in [0.29, 0.717) is 12.1 Å². The molecule has 148 valence electrons. The Morgan fingerprint density at radius 3 is 2.07 bits per heavy atom. The van der Waals surface area contributed by atoms with Crippen molar-refractivity contribution < 1.29 is 21.6 Å². The third kappa shape index (κ3) is 6.25. The fraction of sp³-hybridized carbons (Fsp3) is 0.368. The van der Waals surface area contributed by atoms with Crippen LogP contribution in [-0.2, 0) is 16.2 Å². The van der Waals surface area contributed by atoms with Crippen LogP contribution in [0, 0.1) is 5.92 Å². The Labute approximate surface area is 157 Å². The van der Waals surface area contributed by atoms with Crippen LogP contribution in [0.2, 0.25) is 0 Å². The van der Waals surface area contributed by atoms with Crippen LogP contribution in [0.4, 0.5) is 18.9 Å². The second-order valence-corrected chi connectivity index (χ2v) is 8.34. The molecule has 0 amide bonds. The molecule has 0 bridgehead atoms. The minimum absolute atomic E-state index is 0.0970. The summed E-state index contributed by atoms with van der Waals surface area (Å²) in [7, 11) is -3.58. The maximum absolute atomic E-state index is 12.6. The molecule has 0 saturated heterocycles. The van der Waals surface area contributed by atoms with Crippen molar-refractivity contribution in [3.8, 4) is 0 Å². The molecule has 0 radical (unpaired) electrons. The van der Waals surface area contributed by atoms with Crippen molar-refractivity contribution in [2.75, 3.05) is 11.9 Å². The van der Waals surface area contributed by atoms with Gasteiger partial charge in [0.1, 0.15) is 0 Å². The zero-order valence-corrected chi connectivity index (χ0v) is 15.9. The van der Waals surface area contributed by atoms with E-state index in [1.807, 2.05) is 13.8 Å². The van der Waals surface area contributed by atoms with E-state index in [4.69, 9.17) is 0 Å². The third-order valence-electron chi connectivity index (χ3n) is 4.17. The molecule has 2 aromatic carbocycles. The first-order valence-electron chi connectivity index (χ1n) is 8.58. The number of nitrogens with one attached hydrogen (secondary N) is 2. The van der Waals surface area contributed by atoms with Gasteiger partial charge in [0.2, 0.25) is 10.0 Å². The van der Waals surface area contributed by atoms with Gasteiger partial charge in [-0.3, -0.25) is 0 Å². The van der Waals surface area contributed by atoms with Gasteiger partial charge >= 0.3 is 6.18 Å². The molecule has 8 heteroatoms. The molecule has 0 unspecified atom stereocenters. The Hall–Kier alpha value is -2.06. The van der Waals surface area contributed by atoms with Gasteiger partial charge in [0.25, 0.3) is 0 Å². The van der Waals surface area contributed by atoms with E-state index < -0.39 is 21.8 Å². The maximum Gasteiger partial charge on any atom is 0.416 e. The average Bonchev–Trinajstić information content (AvgIpc) is 2.61. The van der Waals surface area contributed by atoms with Gasteiger partial charge in [-0.25, -0.2) is 13.1 Å². The van der Waals surface area contributed by atoms with Gasteiger partial charge in [0.15, 0.2) is 0 Å². The van der Waals surface area contributed by atoms with E-state index in [9.17, 15) is 21.6 Å². The van der Waals surface area contributed by atoms with Crippen molar-refractivity contribution in [2.45, 2.75) is 37.4 Å². The summed E-state index contributed by atoms with van der Waals surface area (Å²) in [4.78, 5) is 0.196. The number of alkyl halides is 3. The van der Waals surface area contributed by atoms with E-state index in [0.717, 1.165) is 12.1 Å². The molecule has 2 rings (SSSR count). The standard InChI is InChI=1S/C19H23F3N2O2S/c1-14(2)18(24-16-10-8-15(9-11-16)19(20,21)22)12-13-23-27(25,26)17-6-4-3-5-7-17/h3-11,14,18,23-24H,12-13H2,1-2H3/t18-/m0/s1. The van der Waals surface area contributed by atoms with Crippen molar-refractivity contribution in [1.82, 2.24) is 4.72 Å². The largest absolute Gasteiger partial charge is 0.416 e. The molecule has 0 aliphatic rings. The van der Waals surface area contributed by atoms with Crippen LogP contribution in [0.15, 0.2) is 59.5 Å². The van der Waals surface area contributed by atoms with Gasteiger partial charge in [-0.05, 0) is 48.7 Å². The molecule has 27 heavy (non-hydrogen) atoms. The van der Waals surface area contributed by atoms with Crippen molar-refractivity contribution in [3.05, 3.63) is 60.2 Å². The lowest BCUT2D eigenvalue weighted by Crippen LogP contribution is -2.32. The third-order valence-corrected chi connectivity index (χ3v) is 5.65. The summed E-state index contributed by atoms with van der Waals surface area (Å²) in [6.07, 6.45) is -3.88. The Bertz CT molecular complexity index is 820. The van der Waals surface area contributed by atoms with E-state index in [1.54, 1.807) is 18.2 Å². The molecule has 0 aliphatic heterocycles. The minimum atomic E-state index is -4.37. The molecule has 4 nitrogen and oxygen atoms in total. The molecule has 0 aliphatic carbocycles. The Morgan fingerprint density at radius 2 is 1.56 bits per heavy atom. The highest BCUT2D eigenvalue weighted by Crippen LogP contribution is 2.30. The maximum atomic E-state index is 12.6. The summed E-state index contributed by atoms with van der Waals surface area (Å²) in [5, 5.41) is 3.18. The van der Waals surface area contributed by atoms with E-state index >= 15 is 0 Å². The van der Waals surface area contributed by atoms with Gasteiger partial charge in [-0.1, -0.05) is 32.0 Å². The molecular weight excluding hydrogens is 377 g/mol. The monoisotopic (exact) mass is 400 g/mol. The van der Waals surface area contributed by atoms with Crippen LogP contribution in [0.5, 0.6) is 0 Å². The highest BCUT2D eigenvalue weighted by molar-refractivity contribution is 7.89. The van der Waals surface area contributed by atoms with Crippen LogP contribution in [0.1, 0.15) is 25.8 Å². The van der Waals surface area contributed by atoms with Crippen LogP contribution < -0.4 is 10.0 Å². The fourth-order valence-corrected chi connectivity index (χ4v) is 3.64. The molecule has 0 spiro atoms. The van der Waals surface area contributed by atoms with Crippen LogP contribution in [0.3, 0.4) is 0 Å². The first-order valence-corrected chi connectivity index (χ1v) is 10.1. The second kappa shape index (κ2) is 8.75. The molecular formula is C19H23F3N2O2S. The molecule has 2 N–H and O–H groups in total. The number of halogens is 3. The van der Waals surface area contributed by atoms with Gasteiger partial charge in [-0.15, -0.1) is 0 Å². The van der Waals surface area contributed by atoms with Crippen molar-refractivity contribution in [1.29, 1.82) is 0 Å². The van der Waals surface area contributed by atoms with Crippen molar-refractivity contribution in [2.24, 2.45) is 5.92 Å². The summed E-state index contributed by atoms with van der Waals surface area (Å²) in [5.74, 6) is 0.161. The first kappa shape index (κ1) is 21.2. The number of anilines is 1. The number of rotatable bonds is 8. The zero-order chi connectivity index (χ0) is 20.1. The van der Waals surface area contributed by atoms with Crippen molar-refractivity contribution in [3.63, 3.8) is 0 Å². The van der Waals surface area contributed by atoms with E-state index in [2.05, 4.69) is 10.0 Å². The lowest BCUT2D eigenvalue weighted by atomic mass is 10.0. The summed E-state index contributed by atoms with van der Waals surface area (Å²) in [6, 6.07) is 12.8. The normalized spacial score (nSPS) is 13.6. The number of hydrogen-bond donors (Lipinski definition) is 2. The summed E-state index contributed by atoms with van der Waals surface area (Å²) >= 11 is 0. The Balaban J connectivity index is 1.96. The first-order chi connectivity index (χ1) is 12.6. The van der Waals surface area contributed by atoms with Crippen molar-refractivity contribution >= 4 is 15.7 Å². The molecule has 1 atom stereocenters. The topological polar surface area (TPSA) is 58.2 Å². The summed E-state index contributed by atoms with van der Waals surface area (Å²) < 4.78 is 65.0. The van der Waals surface area contributed by atoms with Gasteiger partial charge < -0.3 is 5.32 Å². The predicted octanol–water partition coefficient (Wildman–Crippen LogP) is 4.51. The average molecular weight is 400 g/mol. The molecule has 0 aromatic heterocycles. The summed E-state index contributed by atoms with van der Waals surface area (Å²) in [6.45, 7) is 4.15. The smallest absolute Gasteiger partial charge is 0.382 e. The number of benzene rings is 2.